The number of rotatable bonds is 7. The van der Waals surface area contributed by atoms with Crippen LogP contribution in [0.15, 0.2) is 29.2 Å². The minimum Gasteiger partial charge on any atom is -1.00 e. The number of likely N-dealkylation sites (N-methyl/N-ethyl adjacent to an activating group) is 1. The Labute approximate surface area is 158 Å². The van der Waals surface area contributed by atoms with Crippen molar-refractivity contribution in [1.29, 1.82) is 0 Å². The van der Waals surface area contributed by atoms with E-state index in [9.17, 15) is 8.42 Å². The van der Waals surface area contributed by atoms with Gasteiger partial charge in [-0.15, -0.1) is 0 Å². The number of hydrogen-bond donors (Lipinski definition) is 1. The predicted molar refractivity (Wildman–Crippen MR) is 90.2 cm³/mol. The van der Waals surface area contributed by atoms with E-state index in [1.165, 1.54) is 18.4 Å². The second-order valence-electron chi connectivity index (χ2n) is 7.05. The van der Waals surface area contributed by atoms with Gasteiger partial charge < -0.3 is 28.5 Å². The van der Waals surface area contributed by atoms with E-state index >= 15 is 0 Å². The molecule has 1 fully saturated rings. The molecule has 0 bridgehead atoms. The molecule has 0 radical (unpaired) electrons. The van der Waals surface area contributed by atoms with Crippen LogP contribution in [0.2, 0.25) is 0 Å². The standard InChI is InChI=1S/C17H29N2O2S.HI/c1-4-5-6-7-15-8-10-17(11-9-15)22(20,21)18-16-12-13-19(2,3)14-16;/h8-11,16,18H,4-7,12-14H2,1-3H3;1H/q+1;/p-1. The number of halogens is 1. The molecule has 0 spiro atoms. The fraction of sp³-hybridized carbons (Fsp3) is 0.647. The second-order valence-corrected chi connectivity index (χ2v) is 8.76. The van der Waals surface area contributed by atoms with E-state index in [1.807, 2.05) is 12.1 Å². The molecule has 0 saturated carbocycles. The van der Waals surface area contributed by atoms with Crippen LogP contribution in [-0.4, -0.2) is 46.1 Å². The molecule has 0 aliphatic carbocycles. The lowest BCUT2D eigenvalue weighted by atomic mass is 10.1. The first kappa shape index (κ1) is 20.9. The highest BCUT2D eigenvalue weighted by Gasteiger charge is 2.33. The van der Waals surface area contributed by atoms with Crippen molar-refractivity contribution in [1.82, 2.24) is 4.72 Å². The summed E-state index contributed by atoms with van der Waals surface area (Å²) in [5, 5.41) is 0. The fourth-order valence-corrected chi connectivity index (χ4v) is 4.34. The SMILES string of the molecule is CCCCCc1ccc(S(=O)(=O)NC2CC[N+](C)(C)C2)cc1.[I-]. The Morgan fingerprint density at radius 1 is 1.17 bits per heavy atom. The molecule has 1 aliphatic heterocycles. The van der Waals surface area contributed by atoms with Crippen molar-refractivity contribution in [3.8, 4) is 0 Å². The van der Waals surface area contributed by atoms with Gasteiger partial charge in [0.25, 0.3) is 0 Å². The average molecular weight is 452 g/mol. The molecule has 1 saturated heterocycles. The van der Waals surface area contributed by atoms with E-state index in [2.05, 4.69) is 25.7 Å². The Kier molecular flexibility index (Phi) is 7.97. The lowest BCUT2D eigenvalue weighted by Gasteiger charge is -2.23. The van der Waals surface area contributed by atoms with Gasteiger partial charge in [-0.05, 0) is 30.5 Å². The minimum absolute atomic E-state index is 0. The van der Waals surface area contributed by atoms with Gasteiger partial charge in [0, 0.05) is 6.42 Å². The number of hydrogen-bond acceptors (Lipinski definition) is 2. The zero-order chi connectivity index (χ0) is 16.2. The van der Waals surface area contributed by atoms with Gasteiger partial charge in [-0.25, -0.2) is 13.1 Å². The Balaban J connectivity index is 0.00000264. The van der Waals surface area contributed by atoms with Gasteiger partial charge in [-0.1, -0.05) is 31.9 Å². The number of benzene rings is 1. The Bertz CT molecular complexity index is 585. The highest BCUT2D eigenvalue weighted by atomic mass is 127. The summed E-state index contributed by atoms with van der Waals surface area (Å²) >= 11 is 0. The van der Waals surface area contributed by atoms with Gasteiger partial charge in [0.05, 0.1) is 38.1 Å². The van der Waals surface area contributed by atoms with Crippen LogP contribution in [0.5, 0.6) is 0 Å². The summed E-state index contributed by atoms with van der Waals surface area (Å²) in [7, 11) is 0.881. The molecule has 1 aromatic rings. The first-order chi connectivity index (χ1) is 10.3. The molecule has 1 aromatic carbocycles. The van der Waals surface area contributed by atoms with Crippen LogP contribution in [0, 0.1) is 0 Å². The highest BCUT2D eigenvalue weighted by Crippen LogP contribution is 2.18. The molecule has 23 heavy (non-hydrogen) atoms. The number of likely N-dealkylation sites (tertiary alicyclic amines) is 1. The molecule has 1 aliphatic rings. The molecule has 132 valence electrons. The van der Waals surface area contributed by atoms with Crippen molar-refractivity contribution in [3.63, 3.8) is 0 Å². The molecule has 1 heterocycles. The summed E-state index contributed by atoms with van der Waals surface area (Å²) in [4.78, 5) is 0.379. The van der Waals surface area contributed by atoms with Crippen molar-refractivity contribution in [2.45, 2.75) is 50.0 Å². The number of unbranched alkanes of at least 4 members (excludes halogenated alkanes) is 2. The topological polar surface area (TPSA) is 46.2 Å². The molecule has 6 heteroatoms. The summed E-state index contributed by atoms with van der Waals surface area (Å²) in [5.74, 6) is 0. The van der Waals surface area contributed by atoms with Crippen LogP contribution in [-0.2, 0) is 16.4 Å². The van der Waals surface area contributed by atoms with Crippen LogP contribution in [0.3, 0.4) is 0 Å². The molecule has 1 N–H and O–H groups in total. The normalized spacial score (nSPS) is 20.2. The van der Waals surface area contributed by atoms with Crippen LogP contribution < -0.4 is 28.7 Å². The fourth-order valence-electron chi connectivity index (χ4n) is 3.08. The third kappa shape index (κ3) is 6.32. The molecule has 2 rings (SSSR count). The van der Waals surface area contributed by atoms with Crippen LogP contribution >= 0.6 is 0 Å². The molecular weight excluding hydrogens is 423 g/mol. The summed E-state index contributed by atoms with van der Waals surface area (Å²) < 4.78 is 28.6. The number of quaternary nitrogens is 1. The molecular formula is C17H29IN2O2S. The van der Waals surface area contributed by atoms with Crippen molar-refractivity contribution in [2.75, 3.05) is 27.2 Å². The highest BCUT2D eigenvalue weighted by molar-refractivity contribution is 7.89. The maximum absolute atomic E-state index is 12.5. The molecule has 0 amide bonds. The van der Waals surface area contributed by atoms with Gasteiger partial charge in [-0.2, -0.15) is 0 Å². The number of aryl methyl sites for hydroxylation is 1. The van der Waals surface area contributed by atoms with Gasteiger partial charge in [-0.3, -0.25) is 0 Å². The Morgan fingerprint density at radius 2 is 1.83 bits per heavy atom. The van der Waals surface area contributed by atoms with Crippen molar-refractivity contribution < 1.29 is 36.9 Å². The molecule has 0 aromatic heterocycles. The van der Waals surface area contributed by atoms with Gasteiger partial charge in [0.15, 0.2) is 0 Å². The second kappa shape index (κ2) is 8.78. The van der Waals surface area contributed by atoms with Crippen LogP contribution in [0.1, 0.15) is 38.2 Å². The van der Waals surface area contributed by atoms with Crippen molar-refractivity contribution in [3.05, 3.63) is 29.8 Å². The predicted octanol–water partition coefficient (Wildman–Crippen LogP) is -0.450. The summed E-state index contributed by atoms with van der Waals surface area (Å²) in [6.45, 7) is 4.06. The smallest absolute Gasteiger partial charge is 0.241 e. The summed E-state index contributed by atoms with van der Waals surface area (Å²) in [6.07, 6.45) is 5.51. The third-order valence-electron chi connectivity index (χ3n) is 4.42. The molecule has 1 unspecified atom stereocenters. The third-order valence-corrected chi connectivity index (χ3v) is 5.96. The van der Waals surface area contributed by atoms with Crippen molar-refractivity contribution in [2.24, 2.45) is 0 Å². The molecule has 1 atom stereocenters. The largest absolute Gasteiger partial charge is 1.00 e. The quantitative estimate of drug-likeness (QED) is 0.346. The van der Waals surface area contributed by atoms with Gasteiger partial charge in [0.1, 0.15) is 0 Å². The van der Waals surface area contributed by atoms with E-state index in [0.29, 0.717) is 4.90 Å². The lowest BCUT2D eigenvalue weighted by molar-refractivity contribution is -0.878. The van der Waals surface area contributed by atoms with E-state index in [-0.39, 0.29) is 30.0 Å². The Hall–Kier alpha value is -0.180. The average Bonchev–Trinajstić information content (AvgIpc) is 2.78. The first-order valence-electron chi connectivity index (χ1n) is 8.26. The van der Waals surface area contributed by atoms with Crippen molar-refractivity contribution >= 4 is 10.0 Å². The monoisotopic (exact) mass is 452 g/mol. The van der Waals surface area contributed by atoms with Crippen LogP contribution in [0.4, 0.5) is 0 Å². The van der Waals surface area contributed by atoms with Gasteiger partial charge >= 0.3 is 0 Å². The zero-order valence-corrected chi connectivity index (χ0v) is 17.4. The van der Waals surface area contributed by atoms with E-state index < -0.39 is 10.0 Å². The number of nitrogens with one attached hydrogen (secondary N) is 1. The van der Waals surface area contributed by atoms with E-state index in [4.69, 9.17) is 0 Å². The van der Waals surface area contributed by atoms with Crippen LogP contribution in [0.25, 0.3) is 0 Å². The minimum atomic E-state index is -3.40. The maximum Gasteiger partial charge on any atom is 0.241 e. The molecule has 4 nitrogen and oxygen atoms in total. The number of sulfonamides is 1. The Morgan fingerprint density at radius 3 is 2.35 bits per heavy atom. The zero-order valence-electron chi connectivity index (χ0n) is 14.4. The van der Waals surface area contributed by atoms with E-state index in [0.717, 1.165) is 36.8 Å². The summed E-state index contributed by atoms with van der Waals surface area (Å²) in [5.41, 5.74) is 1.21. The van der Waals surface area contributed by atoms with Gasteiger partial charge in [0.2, 0.25) is 10.0 Å². The maximum atomic E-state index is 12.5. The van der Waals surface area contributed by atoms with E-state index in [1.54, 1.807) is 12.1 Å². The lowest BCUT2D eigenvalue weighted by Crippen LogP contribution is -3.00. The number of nitrogens with zero attached hydrogens (tertiary/aromatic N) is 1. The summed E-state index contributed by atoms with van der Waals surface area (Å²) in [6, 6.07) is 7.40. The first-order valence-corrected chi connectivity index (χ1v) is 9.74.